The van der Waals surface area contributed by atoms with Crippen molar-refractivity contribution in [2.24, 2.45) is 0 Å². The molecule has 5 nitrogen and oxygen atoms in total. The van der Waals surface area contributed by atoms with Crippen LogP contribution in [-0.4, -0.2) is 43.5 Å². The predicted octanol–water partition coefficient (Wildman–Crippen LogP) is 1.47. The van der Waals surface area contributed by atoms with Gasteiger partial charge in [0.25, 0.3) is 0 Å². The van der Waals surface area contributed by atoms with Gasteiger partial charge >= 0.3 is 0 Å². The third kappa shape index (κ3) is 4.55. The number of nitrogens with zero attached hydrogens (tertiary/aromatic N) is 1. The lowest BCUT2D eigenvalue weighted by Gasteiger charge is -2.31. The number of hydrogen-bond donors (Lipinski definition) is 1. The molecule has 1 fully saturated rings. The Balaban J connectivity index is 1.80. The molecule has 2 rings (SSSR count). The van der Waals surface area contributed by atoms with Crippen LogP contribution in [-0.2, 0) is 21.2 Å². The average molecular weight is 324 g/mol. The van der Waals surface area contributed by atoms with Crippen LogP contribution < -0.4 is 5.32 Å². The smallest absolute Gasteiger partial charge is 0.224 e. The van der Waals surface area contributed by atoms with Crippen LogP contribution in [0.25, 0.3) is 0 Å². The molecule has 122 valence electrons. The molecular weight excluding hydrogens is 300 g/mol. The van der Waals surface area contributed by atoms with Gasteiger partial charge in [-0.15, -0.1) is 0 Å². The van der Waals surface area contributed by atoms with E-state index >= 15 is 0 Å². The maximum absolute atomic E-state index is 12.1. The molecule has 1 saturated heterocycles. The number of carbonyl (C=O) groups excluding carboxylic acids is 1. The summed E-state index contributed by atoms with van der Waals surface area (Å²) in [6.07, 6.45) is 1.73. The fourth-order valence-electron chi connectivity index (χ4n) is 2.63. The molecule has 1 aliphatic heterocycles. The predicted molar refractivity (Wildman–Crippen MR) is 87.1 cm³/mol. The quantitative estimate of drug-likeness (QED) is 0.892. The second-order valence-electron chi connectivity index (χ2n) is 5.80. The van der Waals surface area contributed by atoms with Crippen LogP contribution in [0.15, 0.2) is 24.3 Å². The van der Waals surface area contributed by atoms with Gasteiger partial charge in [-0.3, -0.25) is 4.79 Å². The number of rotatable bonds is 5. The normalized spacial score (nSPS) is 17.4. The van der Waals surface area contributed by atoms with Crippen molar-refractivity contribution in [1.82, 2.24) is 9.62 Å². The van der Waals surface area contributed by atoms with Gasteiger partial charge in [-0.2, -0.15) is 0 Å². The molecule has 1 amide bonds. The summed E-state index contributed by atoms with van der Waals surface area (Å²) in [5, 5.41) is 3.01. The molecule has 1 N–H and O–H groups in total. The Bertz CT molecular complexity index is 603. The lowest BCUT2D eigenvalue weighted by molar-refractivity contribution is -0.121. The van der Waals surface area contributed by atoms with Crippen LogP contribution in [0, 0.1) is 6.92 Å². The molecule has 1 aromatic rings. The Hall–Kier alpha value is -1.40. The lowest BCUT2D eigenvalue weighted by atomic mass is 10.1. The van der Waals surface area contributed by atoms with Crippen LogP contribution in [0.1, 0.15) is 30.9 Å². The van der Waals surface area contributed by atoms with E-state index in [2.05, 4.69) is 5.32 Å². The van der Waals surface area contributed by atoms with E-state index in [0.717, 1.165) is 5.56 Å². The Kier molecular flexibility index (Phi) is 5.58. The molecule has 0 aliphatic carbocycles. The van der Waals surface area contributed by atoms with Crippen molar-refractivity contribution in [1.29, 1.82) is 0 Å². The third-order valence-corrected chi connectivity index (χ3v) is 5.94. The van der Waals surface area contributed by atoms with E-state index in [1.807, 2.05) is 31.2 Å². The number of carbonyl (C=O) groups is 1. The van der Waals surface area contributed by atoms with Crippen molar-refractivity contribution >= 4 is 15.9 Å². The molecule has 6 heteroatoms. The van der Waals surface area contributed by atoms with Crippen LogP contribution in [0.3, 0.4) is 0 Å². The van der Waals surface area contributed by atoms with Gasteiger partial charge in [0, 0.05) is 19.1 Å². The molecule has 1 heterocycles. The van der Waals surface area contributed by atoms with Crippen LogP contribution in [0.2, 0.25) is 0 Å². The number of nitrogens with one attached hydrogen (secondary N) is 1. The molecule has 0 radical (unpaired) electrons. The van der Waals surface area contributed by atoms with Gasteiger partial charge in [-0.25, -0.2) is 12.7 Å². The topological polar surface area (TPSA) is 66.5 Å². The highest BCUT2D eigenvalue weighted by molar-refractivity contribution is 7.89. The number of aryl methyl sites for hydroxylation is 1. The van der Waals surface area contributed by atoms with Crippen molar-refractivity contribution in [2.45, 2.75) is 39.2 Å². The monoisotopic (exact) mass is 324 g/mol. The number of benzene rings is 1. The van der Waals surface area contributed by atoms with Gasteiger partial charge in [0.15, 0.2) is 0 Å². The highest BCUT2D eigenvalue weighted by Gasteiger charge is 2.27. The second kappa shape index (κ2) is 7.24. The van der Waals surface area contributed by atoms with Crippen molar-refractivity contribution in [3.63, 3.8) is 0 Å². The summed E-state index contributed by atoms with van der Waals surface area (Å²) in [6, 6.07) is 7.99. The molecular formula is C16H24N2O3S. The summed E-state index contributed by atoms with van der Waals surface area (Å²) in [7, 11) is -3.11. The zero-order valence-corrected chi connectivity index (χ0v) is 14.0. The number of hydrogen-bond acceptors (Lipinski definition) is 3. The van der Waals surface area contributed by atoms with Crippen molar-refractivity contribution < 1.29 is 13.2 Å². The van der Waals surface area contributed by atoms with E-state index in [-0.39, 0.29) is 17.7 Å². The van der Waals surface area contributed by atoms with Gasteiger partial charge in [0.1, 0.15) is 0 Å². The molecule has 1 aromatic carbocycles. The zero-order valence-electron chi connectivity index (χ0n) is 13.2. The summed E-state index contributed by atoms with van der Waals surface area (Å²) >= 11 is 0. The SMILES string of the molecule is CCS(=O)(=O)N1CCC(NC(=O)Cc2ccc(C)cc2)CC1. The zero-order chi connectivity index (χ0) is 16.2. The van der Waals surface area contributed by atoms with Gasteiger partial charge in [-0.05, 0) is 32.3 Å². The summed E-state index contributed by atoms with van der Waals surface area (Å²) in [5.74, 6) is 0.137. The standard InChI is InChI=1S/C16H24N2O3S/c1-3-22(20,21)18-10-8-15(9-11-18)17-16(19)12-14-6-4-13(2)5-7-14/h4-7,15H,3,8-12H2,1-2H3,(H,17,19). The molecule has 0 spiro atoms. The minimum atomic E-state index is -3.11. The van der Waals surface area contributed by atoms with E-state index in [4.69, 9.17) is 0 Å². The number of sulfonamides is 1. The lowest BCUT2D eigenvalue weighted by Crippen LogP contribution is -2.47. The Labute approximate surface area is 132 Å². The first-order chi connectivity index (χ1) is 10.4. The Morgan fingerprint density at radius 1 is 1.23 bits per heavy atom. The highest BCUT2D eigenvalue weighted by Crippen LogP contribution is 2.14. The highest BCUT2D eigenvalue weighted by atomic mass is 32.2. The van der Waals surface area contributed by atoms with Gasteiger partial charge in [0.2, 0.25) is 15.9 Å². The summed E-state index contributed by atoms with van der Waals surface area (Å²) in [6.45, 7) is 4.66. The van der Waals surface area contributed by atoms with Gasteiger partial charge < -0.3 is 5.32 Å². The van der Waals surface area contributed by atoms with Crippen molar-refractivity contribution in [3.8, 4) is 0 Å². The number of amides is 1. The first-order valence-corrected chi connectivity index (χ1v) is 9.34. The van der Waals surface area contributed by atoms with Crippen LogP contribution in [0.5, 0.6) is 0 Å². The maximum atomic E-state index is 12.1. The summed E-state index contributed by atoms with van der Waals surface area (Å²) < 4.78 is 25.1. The molecule has 0 aromatic heterocycles. The molecule has 0 unspecified atom stereocenters. The largest absolute Gasteiger partial charge is 0.353 e. The maximum Gasteiger partial charge on any atom is 0.224 e. The molecule has 1 aliphatic rings. The van der Waals surface area contributed by atoms with Crippen LogP contribution in [0.4, 0.5) is 0 Å². The second-order valence-corrected chi connectivity index (χ2v) is 8.06. The first-order valence-electron chi connectivity index (χ1n) is 7.73. The molecule has 0 atom stereocenters. The van der Waals surface area contributed by atoms with E-state index in [1.165, 1.54) is 9.87 Å². The van der Waals surface area contributed by atoms with E-state index in [9.17, 15) is 13.2 Å². The van der Waals surface area contributed by atoms with Crippen LogP contribution >= 0.6 is 0 Å². The Morgan fingerprint density at radius 3 is 2.36 bits per heavy atom. The number of piperidine rings is 1. The van der Waals surface area contributed by atoms with E-state index in [1.54, 1.807) is 6.92 Å². The minimum absolute atomic E-state index is 0.000603. The molecule has 0 saturated carbocycles. The van der Waals surface area contributed by atoms with Gasteiger partial charge in [0.05, 0.1) is 12.2 Å². The summed E-state index contributed by atoms with van der Waals surface area (Å²) in [5.41, 5.74) is 2.17. The van der Waals surface area contributed by atoms with Crippen molar-refractivity contribution in [2.75, 3.05) is 18.8 Å². The van der Waals surface area contributed by atoms with Crippen molar-refractivity contribution in [3.05, 3.63) is 35.4 Å². The fraction of sp³-hybridized carbons (Fsp3) is 0.562. The third-order valence-electron chi connectivity index (χ3n) is 4.06. The van der Waals surface area contributed by atoms with E-state index < -0.39 is 10.0 Å². The minimum Gasteiger partial charge on any atom is -0.353 e. The fourth-order valence-corrected chi connectivity index (χ4v) is 3.76. The van der Waals surface area contributed by atoms with E-state index in [0.29, 0.717) is 32.4 Å². The summed E-state index contributed by atoms with van der Waals surface area (Å²) in [4.78, 5) is 12.1. The Morgan fingerprint density at radius 2 is 1.82 bits per heavy atom. The molecule has 22 heavy (non-hydrogen) atoms. The molecule has 0 bridgehead atoms. The first kappa shape index (κ1) is 17.0. The van der Waals surface area contributed by atoms with Gasteiger partial charge in [-0.1, -0.05) is 29.8 Å². The average Bonchev–Trinajstić information content (AvgIpc) is 2.50.